The second kappa shape index (κ2) is 9.07. The zero-order valence-electron chi connectivity index (χ0n) is 13.9. The SMILES string of the molecule is Clc1cccc(COc2cccc(CNCC3CCNCC3)c2)c1. The number of rotatable bonds is 7. The fourth-order valence-electron chi connectivity index (χ4n) is 3.05. The second-order valence-corrected chi connectivity index (χ2v) is 6.83. The van der Waals surface area contributed by atoms with Crippen LogP contribution in [0, 0.1) is 5.92 Å². The molecule has 1 aliphatic rings. The fourth-order valence-corrected chi connectivity index (χ4v) is 3.26. The lowest BCUT2D eigenvalue weighted by Crippen LogP contribution is -2.33. The largest absolute Gasteiger partial charge is 0.489 e. The highest BCUT2D eigenvalue weighted by atomic mass is 35.5. The molecule has 0 atom stereocenters. The van der Waals surface area contributed by atoms with E-state index in [9.17, 15) is 0 Å². The van der Waals surface area contributed by atoms with E-state index in [0.717, 1.165) is 48.4 Å². The van der Waals surface area contributed by atoms with Crippen LogP contribution < -0.4 is 15.4 Å². The van der Waals surface area contributed by atoms with Crippen LogP contribution in [0.2, 0.25) is 5.02 Å². The number of hydrogen-bond donors (Lipinski definition) is 2. The quantitative estimate of drug-likeness (QED) is 0.796. The highest BCUT2D eigenvalue weighted by Crippen LogP contribution is 2.17. The average Bonchev–Trinajstić information content (AvgIpc) is 2.61. The van der Waals surface area contributed by atoms with E-state index in [1.165, 1.54) is 18.4 Å². The third-order valence-corrected chi connectivity index (χ3v) is 4.65. The molecule has 128 valence electrons. The van der Waals surface area contributed by atoms with Crippen LogP contribution in [-0.4, -0.2) is 19.6 Å². The van der Waals surface area contributed by atoms with Crippen molar-refractivity contribution >= 4 is 11.6 Å². The lowest BCUT2D eigenvalue weighted by molar-refractivity contribution is 0.305. The van der Waals surface area contributed by atoms with Gasteiger partial charge in [0.15, 0.2) is 0 Å². The van der Waals surface area contributed by atoms with Crippen LogP contribution in [0.5, 0.6) is 5.75 Å². The van der Waals surface area contributed by atoms with Crippen molar-refractivity contribution in [3.63, 3.8) is 0 Å². The number of piperidine rings is 1. The molecule has 0 radical (unpaired) electrons. The molecule has 4 heteroatoms. The van der Waals surface area contributed by atoms with Gasteiger partial charge in [0.2, 0.25) is 0 Å². The molecule has 2 aromatic rings. The zero-order valence-corrected chi connectivity index (χ0v) is 14.7. The van der Waals surface area contributed by atoms with Crippen LogP contribution in [0.3, 0.4) is 0 Å². The molecule has 0 aromatic heterocycles. The van der Waals surface area contributed by atoms with E-state index in [4.69, 9.17) is 16.3 Å². The monoisotopic (exact) mass is 344 g/mol. The highest BCUT2D eigenvalue weighted by Gasteiger charge is 2.12. The maximum atomic E-state index is 6.01. The van der Waals surface area contributed by atoms with Gasteiger partial charge in [-0.25, -0.2) is 0 Å². The normalized spacial score (nSPS) is 15.4. The number of hydrogen-bond acceptors (Lipinski definition) is 3. The molecule has 0 amide bonds. The third-order valence-electron chi connectivity index (χ3n) is 4.41. The molecule has 1 heterocycles. The minimum Gasteiger partial charge on any atom is -0.489 e. The molecule has 2 aromatic carbocycles. The fraction of sp³-hybridized carbons (Fsp3) is 0.400. The van der Waals surface area contributed by atoms with Crippen molar-refractivity contribution in [1.29, 1.82) is 0 Å². The molecule has 3 rings (SSSR count). The summed E-state index contributed by atoms with van der Waals surface area (Å²) in [5.41, 5.74) is 2.34. The highest BCUT2D eigenvalue weighted by molar-refractivity contribution is 6.30. The van der Waals surface area contributed by atoms with Crippen LogP contribution >= 0.6 is 11.6 Å². The summed E-state index contributed by atoms with van der Waals surface area (Å²) in [7, 11) is 0. The summed E-state index contributed by atoms with van der Waals surface area (Å²) in [6.45, 7) is 4.82. The Balaban J connectivity index is 1.46. The van der Waals surface area contributed by atoms with Crippen LogP contribution in [0.4, 0.5) is 0 Å². The predicted molar refractivity (Wildman–Crippen MR) is 99.5 cm³/mol. The molecular weight excluding hydrogens is 320 g/mol. The van der Waals surface area contributed by atoms with Crippen molar-refractivity contribution in [1.82, 2.24) is 10.6 Å². The molecule has 1 fully saturated rings. The summed E-state index contributed by atoms with van der Waals surface area (Å²) in [4.78, 5) is 0. The Morgan fingerprint density at radius 2 is 1.83 bits per heavy atom. The van der Waals surface area contributed by atoms with Crippen molar-refractivity contribution in [3.05, 3.63) is 64.7 Å². The number of ether oxygens (including phenoxy) is 1. The van der Waals surface area contributed by atoms with Gasteiger partial charge < -0.3 is 15.4 Å². The van der Waals surface area contributed by atoms with Gasteiger partial charge in [0.05, 0.1) is 0 Å². The van der Waals surface area contributed by atoms with Gasteiger partial charge in [-0.2, -0.15) is 0 Å². The minimum absolute atomic E-state index is 0.534. The molecule has 0 saturated carbocycles. The first-order valence-electron chi connectivity index (χ1n) is 8.67. The first kappa shape index (κ1) is 17.3. The van der Waals surface area contributed by atoms with Gasteiger partial charge in [0.1, 0.15) is 12.4 Å². The lowest BCUT2D eigenvalue weighted by atomic mass is 9.98. The predicted octanol–water partition coefficient (Wildman–Crippen LogP) is 4.01. The summed E-state index contributed by atoms with van der Waals surface area (Å²) in [6, 6.07) is 16.1. The van der Waals surface area contributed by atoms with Crippen molar-refractivity contribution in [3.8, 4) is 5.75 Å². The summed E-state index contributed by atoms with van der Waals surface area (Å²) < 4.78 is 5.89. The van der Waals surface area contributed by atoms with E-state index in [0.29, 0.717) is 6.61 Å². The van der Waals surface area contributed by atoms with Crippen molar-refractivity contribution < 1.29 is 4.74 Å². The van der Waals surface area contributed by atoms with Gasteiger partial charge in [0, 0.05) is 11.6 Å². The standard InChI is InChI=1S/C20H25ClN2O/c21-19-5-1-4-18(11-19)15-24-20-6-2-3-17(12-20)14-23-13-16-7-9-22-10-8-16/h1-6,11-12,16,22-23H,7-10,13-15H2. The maximum Gasteiger partial charge on any atom is 0.120 e. The second-order valence-electron chi connectivity index (χ2n) is 6.39. The summed E-state index contributed by atoms with van der Waals surface area (Å²) in [5.74, 6) is 1.70. The summed E-state index contributed by atoms with van der Waals surface area (Å²) in [5, 5.41) is 7.73. The molecule has 0 aliphatic carbocycles. The number of halogens is 1. The Hall–Kier alpha value is -1.55. The van der Waals surface area contributed by atoms with E-state index in [1.54, 1.807) is 0 Å². The summed E-state index contributed by atoms with van der Waals surface area (Å²) in [6.07, 6.45) is 2.55. The van der Waals surface area contributed by atoms with Crippen molar-refractivity contribution in [2.24, 2.45) is 5.92 Å². The van der Waals surface area contributed by atoms with Crippen molar-refractivity contribution in [2.75, 3.05) is 19.6 Å². The Labute approximate surface area is 149 Å². The molecule has 24 heavy (non-hydrogen) atoms. The molecular formula is C20H25ClN2O. The summed E-state index contributed by atoms with van der Waals surface area (Å²) >= 11 is 6.01. The van der Waals surface area contributed by atoms with Crippen molar-refractivity contribution in [2.45, 2.75) is 26.0 Å². The molecule has 1 saturated heterocycles. The molecule has 0 bridgehead atoms. The van der Waals surface area contributed by atoms with E-state index in [-0.39, 0.29) is 0 Å². The smallest absolute Gasteiger partial charge is 0.120 e. The van der Waals surface area contributed by atoms with Crippen LogP contribution in [0.25, 0.3) is 0 Å². The molecule has 0 unspecified atom stereocenters. The van der Waals surface area contributed by atoms with E-state index < -0.39 is 0 Å². The van der Waals surface area contributed by atoms with Gasteiger partial charge in [-0.05, 0) is 73.8 Å². The Morgan fingerprint density at radius 3 is 2.67 bits per heavy atom. The van der Waals surface area contributed by atoms with Crippen LogP contribution in [0.1, 0.15) is 24.0 Å². The number of nitrogens with one attached hydrogen (secondary N) is 2. The van der Waals surface area contributed by atoms with Gasteiger partial charge in [-0.3, -0.25) is 0 Å². The first-order valence-corrected chi connectivity index (χ1v) is 9.05. The van der Waals surface area contributed by atoms with E-state index >= 15 is 0 Å². The number of benzene rings is 2. The third kappa shape index (κ3) is 5.52. The lowest BCUT2D eigenvalue weighted by Gasteiger charge is -2.22. The molecule has 3 nitrogen and oxygen atoms in total. The van der Waals surface area contributed by atoms with Gasteiger partial charge >= 0.3 is 0 Å². The average molecular weight is 345 g/mol. The van der Waals surface area contributed by atoms with Gasteiger partial charge in [0.25, 0.3) is 0 Å². The van der Waals surface area contributed by atoms with E-state index in [1.807, 2.05) is 30.3 Å². The molecule has 0 spiro atoms. The Bertz CT molecular complexity index is 641. The topological polar surface area (TPSA) is 33.3 Å². The van der Waals surface area contributed by atoms with E-state index in [2.05, 4.69) is 28.8 Å². The maximum absolute atomic E-state index is 6.01. The first-order chi connectivity index (χ1) is 11.8. The Morgan fingerprint density at radius 1 is 1.04 bits per heavy atom. The Kier molecular flexibility index (Phi) is 6.53. The molecule has 1 aliphatic heterocycles. The minimum atomic E-state index is 0.534. The van der Waals surface area contributed by atoms with Gasteiger partial charge in [-0.1, -0.05) is 35.9 Å². The zero-order chi connectivity index (χ0) is 16.6. The van der Waals surface area contributed by atoms with Gasteiger partial charge in [-0.15, -0.1) is 0 Å². The van der Waals surface area contributed by atoms with Crippen LogP contribution in [-0.2, 0) is 13.2 Å². The molecule has 2 N–H and O–H groups in total. The van der Waals surface area contributed by atoms with Crippen LogP contribution in [0.15, 0.2) is 48.5 Å².